The lowest BCUT2D eigenvalue weighted by Gasteiger charge is -2.20. The Morgan fingerprint density at radius 1 is 1.47 bits per heavy atom. The number of unbranched alkanes of at least 4 members (excludes halogenated alkanes) is 1. The average Bonchev–Trinajstić information content (AvgIpc) is 2.10. The molecule has 0 atom stereocenters. The van der Waals surface area contributed by atoms with E-state index < -0.39 is 12.2 Å². The van der Waals surface area contributed by atoms with Crippen LogP contribution in [0.3, 0.4) is 0 Å². The van der Waals surface area contributed by atoms with Crippen molar-refractivity contribution in [3.8, 4) is 0 Å². The number of ether oxygens (including phenoxy) is 1. The molecule has 0 fully saturated rings. The van der Waals surface area contributed by atoms with Gasteiger partial charge >= 0.3 is 12.2 Å². The maximum Gasteiger partial charge on any atom is 0.426 e. The molecule has 0 aliphatic heterocycles. The number of hydrogen-bond donors (Lipinski definition) is 2. The normalized spacial score (nSPS) is 9.87. The Balaban J connectivity index is 4.04. The van der Waals surface area contributed by atoms with Gasteiger partial charge in [-0.05, 0) is 20.3 Å². The molecule has 0 bridgehead atoms. The summed E-state index contributed by atoms with van der Waals surface area (Å²) >= 11 is 0. The highest BCUT2D eigenvalue weighted by Gasteiger charge is 2.15. The first kappa shape index (κ1) is 13.5. The first-order chi connectivity index (χ1) is 6.97. The Hall–Kier alpha value is -1.46. The molecule has 0 spiro atoms. The van der Waals surface area contributed by atoms with Crippen LogP contribution in [0.4, 0.5) is 9.59 Å². The highest BCUT2D eigenvalue weighted by molar-refractivity contribution is 5.72. The molecule has 15 heavy (non-hydrogen) atoms. The van der Waals surface area contributed by atoms with Crippen LogP contribution in [0.15, 0.2) is 0 Å². The summed E-state index contributed by atoms with van der Waals surface area (Å²) in [5.74, 6) is 0. The molecular formula is C9H18N2O4. The summed E-state index contributed by atoms with van der Waals surface area (Å²) in [5.41, 5.74) is 2.16. The molecule has 0 saturated heterocycles. The molecule has 0 rings (SSSR count). The maximum atomic E-state index is 11.1. The zero-order valence-corrected chi connectivity index (χ0v) is 9.32. The molecule has 0 aliphatic rings. The van der Waals surface area contributed by atoms with Crippen molar-refractivity contribution >= 4 is 12.2 Å². The van der Waals surface area contributed by atoms with E-state index in [9.17, 15) is 9.59 Å². The highest BCUT2D eigenvalue weighted by atomic mass is 16.6. The molecule has 0 aromatic carbocycles. The van der Waals surface area contributed by atoms with E-state index in [4.69, 9.17) is 9.84 Å². The van der Waals surface area contributed by atoms with Gasteiger partial charge < -0.3 is 9.84 Å². The molecule has 6 nitrogen and oxygen atoms in total. The number of carbonyl (C=O) groups is 2. The van der Waals surface area contributed by atoms with Crippen molar-refractivity contribution in [1.29, 1.82) is 0 Å². The van der Waals surface area contributed by atoms with Crippen molar-refractivity contribution in [2.45, 2.75) is 39.7 Å². The van der Waals surface area contributed by atoms with E-state index in [0.717, 1.165) is 11.4 Å². The predicted octanol–water partition coefficient (Wildman–Crippen LogP) is 1.82. The van der Waals surface area contributed by atoms with Gasteiger partial charge in [0.1, 0.15) is 0 Å². The fraction of sp³-hybridized carbons (Fsp3) is 0.778. The standard InChI is InChI=1S/C9H18N2O4/c1-4-5-6-11(9(13)14)10-8(12)15-7(2)3/h7H,4-6H2,1-3H3,(H,10,12)(H,13,14). The third-order valence-corrected chi connectivity index (χ3v) is 1.54. The van der Waals surface area contributed by atoms with E-state index in [0.29, 0.717) is 6.42 Å². The number of hydrazine groups is 1. The Kier molecular flexibility index (Phi) is 6.24. The SMILES string of the molecule is CCCCN(NC(=O)OC(C)C)C(=O)O. The van der Waals surface area contributed by atoms with E-state index in [1.165, 1.54) is 0 Å². The number of hydrogen-bond acceptors (Lipinski definition) is 3. The molecule has 88 valence electrons. The van der Waals surface area contributed by atoms with E-state index in [1.54, 1.807) is 13.8 Å². The first-order valence-electron chi connectivity index (χ1n) is 4.95. The molecule has 2 amide bonds. The number of nitrogens with zero attached hydrogens (tertiary/aromatic N) is 1. The van der Waals surface area contributed by atoms with Crippen LogP contribution >= 0.6 is 0 Å². The molecular weight excluding hydrogens is 200 g/mol. The second-order valence-electron chi connectivity index (χ2n) is 3.35. The number of nitrogens with one attached hydrogen (secondary N) is 1. The van der Waals surface area contributed by atoms with Crippen LogP contribution in [0.5, 0.6) is 0 Å². The first-order valence-corrected chi connectivity index (χ1v) is 4.95. The quantitative estimate of drug-likeness (QED) is 0.705. The van der Waals surface area contributed by atoms with E-state index >= 15 is 0 Å². The lowest BCUT2D eigenvalue weighted by Crippen LogP contribution is -2.46. The highest BCUT2D eigenvalue weighted by Crippen LogP contribution is 1.95. The number of rotatable bonds is 4. The summed E-state index contributed by atoms with van der Waals surface area (Å²) in [6.07, 6.45) is -0.668. The van der Waals surface area contributed by atoms with Gasteiger partial charge in [-0.2, -0.15) is 0 Å². The minimum Gasteiger partial charge on any atom is -0.464 e. The zero-order valence-electron chi connectivity index (χ0n) is 9.32. The van der Waals surface area contributed by atoms with Crippen LogP contribution in [-0.4, -0.2) is 35.0 Å². The summed E-state index contributed by atoms with van der Waals surface area (Å²) < 4.78 is 4.76. The van der Waals surface area contributed by atoms with Crippen molar-refractivity contribution in [3.63, 3.8) is 0 Å². The van der Waals surface area contributed by atoms with Crippen molar-refractivity contribution in [2.75, 3.05) is 6.54 Å². The smallest absolute Gasteiger partial charge is 0.426 e. The molecule has 0 saturated carbocycles. The van der Waals surface area contributed by atoms with Crippen molar-refractivity contribution in [3.05, 3.63) is 0 Å². The van der Waals surface area contributed by atoms with E-state index in [2.05, 4.69) is 5.43 Å². The van der Waals surface area contributed by atoms with E-state index in [-0.39, 0.29) is 12.6 Å². The molecule has 6 heteroatoms. The van der Waals surface area contributed by atoms with E-state index in [1.807, 2.05) is 6.92 Å². The van der Waals surface area contributed by atoms with Gasteiger partial charge in [-0.25, -0.2) is 20.0 Å². The summed E-state index contributed by atoms with van der Waals surface area (Å²) in [6, 6.07) is 0. The van der Waals surface area contributed by atoms with Gasteiger partial charge in [0.05, 0.1) is 6.10 Å². The van der Waals surface area contributed by atoms with Crippen LogP contribution in [0.2, 0.25) is 0 Å². The summed E-state index contributed by atoms with van der Waals surface area (Å²) in [6.45, 7) is 5.58. The predicted molar refractivity (Wildman–Crippen MR) is 54.4 cm³/mol. The fourth-order valence-electron chi connectivity index (χ4n) is 0.866. The van der Waals surface area contributed by atoms with Crippen LogP contribution in [-0.2, 0) is 4.74 Å². The Morgan fingerprint density at radius 2 is 2.07 bits per heavy atom. The lowest BCUT2D eigenvalue weighted by atomic mass is 10.3. The van der Waals surface area contributed by atoms with Gasteiger partial charge in [-0.3, -0.25) is 0 Å². The molecule has 0 aromatic heterocycles. The fourth-order valence-corrected chi connectivity index (χ4v) is 0.866. The van der Waals surface area contributed by atoms with Gasteiger partial charge in [0.25, 0.3) is 0 Å². The van der Waals surface area contributed by atoms with Gasteiger partial charge in [0.15, 0.2) is 0 Å². The van der Waals surface area contributed by atoms with Crippen LogP contribution in [0.1, 0.15) is 33.6 Å². The number of amides is 2. The molecule has 0 aliphatic carbocycles. The van der Waals surface area contributed by atoms with Crippen molar-refractivity contribution in [2.24, 2.45) is 0 Å². The maximum absolute atomic E-state index is 11.1. The van der Waals surface area contributed by atoms with Gasteiger partial charge in [-0.15, -0.1) is 0 Å². The third-order valence-electron chi connectivity index (χ3n) is 1.54. The number of carboxylic acid groups (broad SMARTS) is 1. The van der Waals surface area contributed by atoms with Crippen molar-refractivity contribution in [1.82, 2.24) is 10.4 Å². The monoisotopic (exact) mass is 218 g/mol. The number of carbonyl (C=O) groups excluding carboxylic acids is 1. The summed E-state index contributed by atoms with van der Waals surface area (Å²) in [4.78, 5) is 21.8. The van der Waals surface area contributed by atoms with Crippen LogP contribution < -0.4 is 5.43 Å². The molecule has 0 unspecified atom stereocenters. The second kappa shape index (κ2) is 6.92. The lowest BCUT2D eigenvalue weighted by molar-refractivity contribution is 0.0761. The summed E-state index contributed by atoms with van der Waals surface area (Å²) in [5, 5.41) is 9.57. The minimum absolute atomic E-state index is 0.263. The van der Waals surface area contributed by atoms with Gasteiger partial charge in [0.2, 0.25) is 0 Å². The molecule has 0 radical (unpaired) electrons. The molecule has 0 heterocycles. The van der Waals surface area contributed by atoms with Crippen LogP contribution in [0, 0.1) is 0 Å². The third kappa shape index (κ3) is 6.59. The largest absolute Gasteiger partial charge is 0.464 e. The van der Waals surface area contributed by atoms with Gasteiger partial charge in [-0.1, -0.05) is 13.3 Å². The average molecular weight is 218 g/mol. The van der Waals surface area contributed by atoms with Gasteiger partial charge in [0, 0.05) is 6.54 Å². The molecule has 2 N–H and O–H groups in total. The topological polar surface area (TPSA) is 78.9 Å². The van der Waals surface area contributed by atoms with Crippen molar-refractivity contribution < 1.29 is 19.4 Å². The Bertz CT molecular complexity index is 218. The van der Waals surface area contributed by atoms with Crippen LogP contribution in [0.25, 0.3) is 0 Å². The molecule has 0 aromatic rings. The Labute approximate surface area is 89.2 Å². The summed E-state index contributed by atoms with van der Waals surface area (Å²) in [7, 11) is 0. The minimum atomic E-state index is -1.19. The zero-order chi connectivity index (χ0) is 11.8. The Morgan fingerprint density at radius 3 is 2.47 bits per heavy atom. The second-order valence-corrected chi connectivity index (χ2v) is 3.35.